The maximum absolute atomic E-state index is 11.9. The molecule has 0 aromatic heterocycles. The third-order valence-electron chi connectivity index (χ3n) is 3.32. The lowest BCUT2D eigenvalue weighted by Gasteiger charge is -2.14. The molecule has 21 heavy (non-hydrogen) atoms. The lowest BCUT2D eigenvalue weighted by Crippen LogP contribution is -2.20. The molecule has 3 nitrogen and oxygen atoms in total. The van der Waals surface area contributed by atoms with E-state index in [0.29, 0.717) is 6.42 Å². The Hall–Kier alpha value is -1.27. The molecule has 1 heterocycles. The number of ether oxygens (including phenoxy) is 1. The molecule has 1 aliphatic heterocycles. The molecule has 0 saturated carbocycles. The van der Waals surface area contributed by atoms with Crippen molar-refractivity contribution in [3.8, 4) is 0 Å². The third-order valence-corrected chi connectivity index (χ3v) is 3.79. The Labute approximate surface area is 125 Å². The number of anilines is 1. The van der Waals surface area contributed by atoms with Crippen LogP contribution in [0.25, 0.3) is 0 Å². The van der Waals surface area contributed by atoms with Gasteiger partial charge in [-0.1, -0.05) is 12.1 Å². The quantitative estimate of drug-likeness (QED) is 0.614. The summed E-state index contributed by atoms with van der Waals surface area (Å²) in [6.07, 6.45) is -3.71. The van der Waals surface area contributed by atoms with E-state index in [9.17, 15) is 18.0 Å². The Balaban J connectivity index is 1.91. The van der Waals surface area contributed by atoms with Crippen LogP contribution in [0.4, 0.5) is 18.9 Å². The molecule has 116 valence electrons. The van der Waals surface area contributed by atoms with Crippen molar-refractivity contribution in [1.82, 2.24) is 0 Å². The van der Waals surface area contributed by atoms with E-state index in [-0.39, 0.29) is 18.9 Å². The first-order valence-electron chi connectivity index (χ1n) is 6.46. The number of amides is 1. The number of carbonyl (C=O) groups is 1. The molecule has 0 radical (unpaired) electrons. The van der Waals surface area contributed by atoms with Crippen molar-refractivity contribution < 1.29 is 22.7 Å². The lowest BCUT2D eigenvalue weighted by atomic mass is 10.0. The number of likely N-dealkylation sites (N-methyl/N-ethyl adjacent to an activating group) is 1. The Kier molecular flexibility index (Phi) is 4.78. The van der Waals surface area contributed by atoms with Crippen molar-refractivity contribution in [3.05, 3.63) is 29.3 Å². The van der Waals surface area contributed by atoms with Crippen molar-refractivity contribution in [3.63, 3.8) is 0 Å². The summed E-state index contributed by atoms with van der Waals surface area (Å²) in [6.45, 7) is -1.33. The van der Waals surface area contributed by atoms with Gasteiger partial charge >= 0.3 is 6.18 Å². The van der Waals surface area contributed by atoms with Crippen molar-refractivity contribution >= 4 is 23.2 Å². The minimum atomic E-state index is -4.32. The highest BCUT2D eigenvalue weighted by Gasteiger charge is 2.28. The van der Waals surface area contributed by atoms with Gasteiger partial charge in [0.1, 0.15) is 6.61 Å². The minimum Gasteiger partial charge on any atom is -0.372 e. The standard InChI is InChI=1S/C14H15ClF3NO2/c1-19-12-3-2-9(6-10(12)7-13(19)20)11(15)4-5-21-8-14(16,17)18/h2-3,6,11H,4-5,7-8H2,1H3. The number of halogens is 4. The number of rotatable bonds is 5. The van der Waals surface area contributed by atoms with Gasteiger partial charge in [-0.15, -0.1) is 11.6 Å². The Morgan fingerprint density at radius 1 is 1.43 bits per heavy atom. The minimum absolute atomic E-state index is 0.0155. The fourth-order valence-corrected chi connectivity index (χ4v) is 2.45. The second-order valence-corrected chi connectivity index (χ2v) is 5.47. The molecule has 2 rings (SSSR count). The molecule has 0 fully saturated rings. The SMILES string of the molecule is CN1C(=O)Cc2cc(C(Cl)CCOCC(F)(F)F)ccc21. The van der Waals surface area contributed by atoms with E-state index in [1.807, 2.05) is 12.1 Å². The molecule has 1 aromatic carbocycles. The topological polar surface area (TPSA) is 29.5 Å². The Morgan fingerprint density at radius 3 is 2.81 bits per heavy atom. The number of alkyl halides is 4. The highest BCUT2D eigenvalue weighted by Crippen LogP contribution is 2.33. The summed E-state index contributed by atoms with van der Waals surface area (Å²) < 4.78 is 40.3. The second kappa shape index (κ2) is 6.23. The summed E-state index contributed by atoms with van der Waals surface area (Å²) in [5.41, 5.74) is 2.52. The average molecular weight is 322 g/mol. The highest BCUT2D eigenvalue weighted by atomic mass is 35.5. The first-order chi connectivity index (χ1) is 9.78. The van der Waals surface area contributed by atoms with Gasteiger partial charge < -0.3 is 9.64 Å². The van der Waals surface area contributed by atoms with Crippen molar-refractivity contribution in [2.24, 2.45) is 0 Å². The summed E-state index contributed by atoms with van der Waals surface area (Å²) in [7, 11) is 1.71. The molecule has 0 N–H and O–H groups in total. The predicted molar refractivity (Wildman–Crippen MR) is 73.6 cm³/mol. The van der Waals surface area contributed by atoms with Gasteiger partial charge in [-0.05, 0) is 23.6 Å². The van der Waals surface area contributed by atoms with Gasteiger partial charge in [-0.2, -0.15) is 13.2 Å². The van der Waals surface area contributed by atoms with E-state index in [2.05, 4.69) is 4.74 Å². The van der Waals surface area contributed by atoms with Crippen LogP contribution in [0.2, 0.25) is 0 Å². The molecule has 1 amide bonds. The molecule has 1 aromatic rings. The zero-order valence-corrected chi connectivity index (χ0v) is 12.2. The van der Waals surface area contributed by atoms with Crippen LogP contribution in [-0.2, 0) is 16.0 Å². The molecule has 0 spiro atoms. The Bertz CT molecular complexity index is 533. The summed E-state index contributed by atoms with van der Waals surface area (Å²) in [5.74, 6) is 0.0155. The van der Waals surface area contributed by atoms with Gasteiger partial charge in [0, 0.05) is 19.3 Å². The van der Waals surface area contributed by atoms with E-state index in [4.69, 9.17) is 11.6 Å². The zero-order chi connectivity index (χ0) is 15.6. The van der Waals surface area contributed by atoms with Gasteiger partial charge in [-0.3, -0.25) is 4.79 Å². The maximum atomic E-state index is 11.9. The van der Waals surface area contributed by atoms with Crippen LogP contribution in [0.5, 0.6) is 0 Å². The fraction of sp³-hybridized carbons (Fsp3) is 0.500. The number of fused-ring (bicyclic) bond motifs is 1. The van der Waals surface area contributed by atoms with Crippen LogP contribution in [0.15, 0.2) is 18.2 Å². The highest BCUT2D eigenvalue weighted by molar-refractivity contribution is 6.20. The predicted octanol–water partition coefficient (Wildman–Crippen LogP) is 3.45. The molecule has 0 aliphatic carbocycles. The average Bonchev–Trinajstić information content (AvgIpc) is 2.68. The monoisotopic (exact) mass is 321 g/mol. The normalized spacial score (nSPS) is 16.2. The largest absolute Gasteiger partial charge is 0.411 e. The van der Waals surface area contributed by atoms with E-state index in [0.717, 1.165) is 16.8 Å². The summed E-state index contributed by atoms with van der Waals surface area (Å²) in [4.78, 5) is 13.2. The van der Waals surface area contributed by atoms with Gasteiger partial charge in [0.2, 0.25) is 5.91 Å². The number of carbonyl (C=O) groups excluding carboxylic acids is 1. The molecule has 1 unspecified atom stereocenters. The van der Waals surface area contributed by atoms with Crippen molar-refractivity contribution in [2.75, 3.05) is 25.2 Å². The number of nitrogens with zero attached hydrogens (tertiary/aromatic N) is 1. The summed E-state index contributed by atoms with van der Waals surface area (Å²) >= 11 is 6.17. The Morgan fingerprint density at radius 2 is 2.14 bits per heavy atom. The second-order valence-electron chi connectivity index (χ2n) is 4.94. The zero-order valence-electron chi connectivity index (χ0n) is 11.4. The first-order valence-corrected chi connectivity index (χ1v) is 6.89. The van der Waals surface area contributed by atoms with E-state index in [1.165, 1.54) is 0 Å². The first kappa shape index (κ1) is 16.1. The van der Waals surface area contributed by atoms with Crippen molar-refractivity contribution in [1.29, 1.82) is 0 Å². The third kappa shape index (κ3) is 4.11. The van der Waals surface area contributed by atoms with Gasteiger partial charge in [0.25, 0.3) is 0 Å². The number of benzene rings is 1. The molecule has 1 aliphatic rings. The van der Waals surface area contributed by atoms with Crippen molar-refractivity contribution in [2.45, 2.75) is 24.4 Å². The van der Waals surface area contributed by atoms with Gasteiger partial charge in [0.05, 0.1) is 11.8 Å². The molecule has 1 atom stereocenters. The molecular formula is C14H15ClF3NO2. The lowest BCUT2D eigenvalue weighted by molar-refractivity contribution is -0.174. The number of hydrogen-bond donors (Lipinski definition) is 0. The van der Waals surface area contributed by atoms with Crippen LogP contribution in [-0.4, -0.2) is 32.3 Å². The smallest absolute Gasteiger partial charge is 0.372 e. The molecular weight excluding hydrogens is 307 g/mol. The maximum Gasteiger partial charge on any atom is 0.411 e. The van der Waals surface area contributed by atoms with E-state index < -0.39 is 18.2 Å². The fourth-order valence-electron chi connectivity index (χ4n) is 2.23. The molecule has 0 bridgehead atoms. The van der Waals surface area contributed by atoms with Crippen LogP contribution in [0, 0.1) is 0 Å². The van der Waals surface area contributed by atoms with Crippen LogP contribution < -0.4 is 4.90 Å². The van der Waals surface area contributed by atoms with Crippen LogP contribution in [0.3, 0.4) is 0 Å². The van der Waals surface area contributed by atoms with Crippen LogP contribution in [0.1, 0.15) is 22.9 Å². The molecule has 0 saturated heterocycles. The summed E-state index contributed by atoms with van der Waals surface area (Å²) in [5, 5.41) is -0.440. The van der Waals surface area contributed by atoms with Gasteiger partial charge in [-0.25, -0.2) is 0 Å². The van der Waals surface area contributed by atoms with Gasteiger partial charge in [0.15, 0.2) is 0 Å². The van der Waals surface area contributed by atoms with Crippen LogP contribution >= 0.6 is 11.6 Å². The number of hydrogen-bond acceptors (Lipinski definition) is 2. The summed E-state index contributed by atoms with van der Waals surface area (Å²) in [6, 6.07) is 5.43. The van der Waals surface area contributed by atoms with E-state index in [1.54, 1.807) is 18.0 Å². The van der Waals surface area contributed by atoms with E-state index >= 15 is 0 Å². The molecule has 7 heteroatoms.